The summed E-state index contributed by atoms with van der Waals surface area (Å²) in [6, 6.07) is 61.8. The molecule has 2 aromatic heterocycles. The average Bonchev–Trinajstić information content (AvgIpc) is 3.22. The Bertz CT molecular complexity index is 2820. The van der Waals surface area contributed by atoms with Gasteiger partial charge in [-0.15, -0.1) is 0 Å². The minimum atomic E-state index is -0.0498. The summed E-state index contributed by atoms with van der Waals surface area (Å²) in [4.78, 5) is 27.5. The molecule has 0 radical (unpaired) electrons. The largest absolute Gasteiger partial charge is 0.294 e. The van der Waals surface area contributed by atoms with Crippen LogP contribution in [0.1, 0.15) is 0 Å². The Morgan fingerprint density at radius 2 is 0.904 bits per heavy atom. The predicted octanol–water partition coefficient (Wildman–Crippen LogP) is 11.4. The number of anilines is 3. The number of nitrogens with zero attached hydrogens (tertiary/aromatic N) is 4. The van der Waals surface area contributed by atoms with Gasteiger partial charge in [0.2, 0.25) is 0 Å². The van der Waals surface area contributed by atoms with E-state index < -0.39 is 0 Å². The summed E-state index contributed by atoms with van der Waals surface area (Å²) in [7, 11) is 0. The van der Waals surface area contributed by atoms with Crippen LogP contribution in [-0.2, 0) is 0 Å². The quantitative estimate of drug-likeness (QED) is 0.176. The molecule has 0 amide bonds. The maximum absolute atomic E-state index is 14.8. The van der Waals surface area contributed by atoms with Crippen LogP contribution in [0.3, 0.4) is 0 Å². The molecule has 244 valence electrons. The molecule has 0 saturated carbocycles. The summed E-state index contributed by atoms with van der Waals surface area (Å²) in [6.07, 6.45) is 0. The SMILES string of the molecule is O=c1c2ccccc2c2cccc3c2n1-c1ccccc1-c1ccccc1N(c1cc(-c2ccccc2)nc(-c2ccccc2)n1)c1ccccc1-3. The van der Waals surface area contributed by atoms with Crippen molar-refractivity contribution in [3.63, 3.8) is 0 Å². The zero-order valence-corrected chi connectivity index (χ0v) is 28.0. The van der Waals surface area contributed by atoms with Gasteiger partial charge in [-0.1, -0.05) is 152 Å². The molecule has 0 saturated heterocycles. The van der Waals surface area contributed by atoms with Gasteiger partial charge in [-0.3, -0.25) is 14.3 Å². The van der Waals surface area contributed by atoms with Gasteiger partial charge in [0.25, 0.3) is 5.56 Å². The zero-order valence-electron chi connectivity index (χ0n) is 28.0. The van der Waals surface area contributed by atoms with Gasteiger partial charge >= 0.3 is 0 Å². The number of aromatic nitrogens is 3. The van der Waals surface area contributed by atoms with Crippen molar-refractivity contribution in [1.29, 1.82) is 0 Å². The van der Waals surface area contributed by atoms with Crippen molar-refractivity contribution in [3.05, 3.63) is 192 Å². The van der Waals surface area contributed by atoms with Crippen molar-refractivity contribution in [2.24, 2.45) is 0 Å². The minimum Gasteiger partial charge on any atom is -0.294 e. The molecule has 5 nitrogen and oxygen atoms in total. The molecule has 0 aliphatic carbocycles. The number of hydrogen-bond acceptors (Lipinski definition) is 4. The minimum absolute atomic E-state index is 0.0498. The molecule has 1 aliphatic rings. The second kappa shape index (κ2) is 12.0. The summed E-state index contributed by atoms with van der Waals surface area (Å²) in [5, 5.41) is 2.63. The molecular weight excluding hydrogens is 637 g/mol. The van der Waals surface area contributed by atoms with Crippen LogP contribution in [0.2, 0.25) is 0 Å². The highest BCUT2D eigenvalue weighted by Gasteiger charge is 2.27. The number of hydrogen-bond donors (Lipinski definition) is 0. The second-order valence-corrected chi connectivity index (χ2v) is 12.9. The van der Waals surface area contributed by atoms with E-state index >= 15 is 0 Å². The van der Waals surface area contributed by atoms with Gasteiger partial charge in [0.1, 0.15) is 5.82 Å². The summed E-state index contributed by atoms with van der Waals surface area (Å²) in [5.74, 6) is 1.36. The Hall–Kier alpha value is -7.11. The van der Waals surface area contributed by atoms with E-state index in [0.717, 1.165) is 78.2 Å². The van der Waals surface area contributed by atoms with Gasteiger partial charge < -0.3 is 0 Å². The van der Waals surface area contributed by atoms with Crippen LogP contribution in [0.4, 0.5) is 17.2 Å². The fourth-order valence-electron chi connectivity index (χ4n) is 7.66. The molecule has 0 unspecified atom stereocenters. The number of pyridine rings is 1. The Labute approximate surface area is 300 Å². The monoisotopic (exact) mass is 666 g/mol. The molecule has 0 atom stereocenters. The Morgan fingerprint density at radius 1 is 0.404 bits per heavy atom. The van der Waals surface area contributed by atoms with Crippen molar-refractivity contribution in [2.45, 2.75) is 0 Å². The van der Waals surface area contributed by atoms with Crippen LogP contribution < -0.4 is 10.5 Å². The molecule has 10 rings (SSSR count). The van der Waals surface area contributed by atoms with Gasteiger partial charge in [0, 0.05) is 50.2 Å². The van der Waals surface area contributed by atoms with E-state index in [-0.39, 0.29) is 5.56 Å². The van der Waals surface area contributed by atoms with E-state index in [0.29, 0.717) is 11.2 Å². The van der Waals surface area contributed by atoms with Crippen LogP contribution in [0.15, 0.2) is 187 Å². The lowest BCUT2D eigenvalue weighted by atomic mass is 9.93. The highest BCUT2D eigenvalue weighted by atomic mass is 16.1. The first-order chi connectivity index (χ1) is 25.7. The van der Waals surface area contributed by atoms with Crippen molar-refractivity contribution >= 4 is 38.9 Å². The van der Waals surface area contributed by atoms with E-state index in [9.17, 15) is 4.79 Å². The van der Waals surface area contributed by atoms with Crippen molar-refractivity contribution < 1.29 is 0 Å². The molecule has 3 heterocycles. The molecule has 0 N–H and O–H groups in total. The third-order valence-electron chi connectivity index (χ3n) is 9.97. The first kappa shape index (κ1) is 29.8. The first-order valence-corrected chi connectivity index (χ1v) is 17.4. The van der Waals surface area contributed by atoms with Crippen molar-refractivity contribution in [3.8, 4) is 50.6 Å². The lowest BCUT2D eigenvalue weighted by Crippen LogP contribution is -2.22. The number of rotatable bonds is 3. The predicted molar refractivity (Wildman–Crippen MR) is 213 cm³/mol. The standard InChI is InChI=1S/C47H30N4O/c52-47-39-24-8-7-20-33(39)37-25-15-26-38-36-23-11-13-28-42(36)50(41-27-12-9-21-34(41)35-22-10-14-29-43(35)51(47)45(37)38)44-30-40(31-16-3-1-4-17-31)48-46(49-44)32-18-5-2-6-19-32/h1-30H. The van der Waals surface area contributed by atoms with Crippen LogP contribution in [-0.4, -0.2) is 14.5 Å². The van der Waals surface area contributed by atoms with Gasteiger partial charge in [0.15, 0.2) is 5.82 Å². The normalized spacial score (nSPS) is 11.9. The maximum atomic E-state index is 14.8. The highest BCUT2D eigenvalue weighted by molar-refractivity contribution is 6.12. The third-order valence-corrected chi connectivity index (χ3v) is 9.97. The van der Waals surface area contributed by atoms with Crippen LogP contribution in [0, 0.1) is 0 Å². The molecule has 52 heavy (non-hydrogen) atoms. The first-order valence-electron chi connectivity index (χ1n) is 17.4. The zero-order chi connectivity index (χ0) is 34.6. The van der Waals surface area contributed by atoms with Crippen molar-refractivity contribution in [2.75, 3.05) is 4.90 Å². The second-order valence-electron chi connectivity index (χ2n) is 12.9. The van der Waals surface area contributed by atoms with Crippen LogP contribution >= 0.6 is 0 Å². The molecule has 0 bridgehead atoms. The molecule has 0 spiro atoms. The van der Waals surface area contributed by atoms with Crippen molar-refractivity contribution in [1.82, 2.24) is 14.5 Å². The lowest BCUT2D eigenvalue weighted by molar-refractivity contribution is 1.06. The summed E-state index contributed by atoms with van der Waals surface area (Å²) in [6.45, 7) is 0. The topological polar surface area (TPSA) is 51.0 Å². The maximum Gasteiger partial charge on any atom is 0.263 e. The third kappa shape index (κ3) is 4.67. The molecule has 9 aromatic rings. The van der Waals surface area contributed by atoms with Gasteiger partial charge in [-0.2, -0.15) is 0 Å². The average molecular weight is 667 g/mol. The summed E-state index contributed by atoms with van der Waals surface area (Å²) in [5.41, 5.74) is 10.1. The number of para-hydroxylation sites is 4. The molecule has 7 aromatic carbocycles. The molecular formula is C47H30N4O. The van der Waals surface area contributed by atoms with Gasteiger partial charge in [-0.05, 0) is 29.7 Å². The van der Waals surface area contributed by atoms with E-state index in [2.05, 4.69) is 108 Å². The highest BCUT2D eigenvalue weighted by Crippen LogP contribution is 2.48. The molecule has 5 heteroatoms. The summed E-state index contributed by atoms with van der Waals surface area (Å²) >= 11 is 0. The number of benzene rings is 7. The Morgan fingerprint density at radius 3 is 1.60 bits per heavy atom. The van der Waals surface area contributed by atoms with Gasteiger partial charge in [-0.25, -0.2) is 9.97 Å². The smallest absolute Gasteiger partial charge is 0.263 e. The van der Waals surface area contributed by atoms with Crippen LogP contribution in [0.25, 0.3) is 72.3 Å². The van der Waals surface area contributed by atoms with E-state index in [1.807, 2.05) is 83.4 Å². The van der Waals surface area contributed by atoms with Gasteiger partial charge in [0.05, 0.1) is 28.3 Å². The number of fused-ring (bicyclic) bond motifs is 8. The van der Waals surface area contributed by atoms with E-state index in [1.165, 1.54) is 0 Å². The fraction of sp³-hybridized carbons (Fsp3) is 0. The van der Waals surface area contributed by atoms with E-state index in [4.69, 9.17) is 9.97 Å². The molecule has 1 aliphatic heterocycles. The fourth-order valence-corrected chi connectivity index (χ4v) is 7.66. The Balaban J connectivity index is 1.38. The molecule has 0 fully saturated rings. The van der Waals surface area contributed by atoms with E-state index in [1.54, 1.807) is 0 Å². The lowest BCUT2D eigenvalue weighted by Gasteiger charge is -2.31. The Kier molecular flexibility index (Phi) is 6.89. The summed E-state index contributed by atoms with van der Waals surface area (Å²) < 4.78 is 1.93. The van der Waals surface area contributed by atoms with Crippen LogP contribution in [0.5, 0.6) is 0 Å².